The normalized spacial score (nSPS) is 13.6. The molecule has 0 heterocycles. The first-order chi connectivity index (χ1) is 12.3. The second-order valence-electron chi connectivity index (χ2n) is 8.98. The Bertz CT molecular complexity index is 688. The molecule has 2 aromatic carbocycles. The van der Waals surface area contributed by atoms with Gasteiger partial charge in [0.25, 0.3) is 0 Å². The fourth-order valence-corrected chi connectivity index (χ4v) is 22.2. The van der Waals surface area contributed by atoms with Crippen LogP contribution in [-0.4, -0.2) is 33.8 Å². The molecule has 27 heavy (non-hydrogen) atoms. The predicted molar refractivity (Wildman–Crippen MR) is 125 cm³/mol. The SMILES string of the molecule is C[Si](C)(C)O[Si](C)(C)O[Si](C)(C)O[Si](C)(c1ccccc1)c1ccccc1. The minimum Gasteiger partial charge on any atom is -0.437 e. The second kappa shape index (κ2) is 8.28. The summed E-state index contributed by atoms with van der Waals surface area (Å²) in [7, 11) is -8.72. The quantitative estimate of drug-likeness (QED) is 0.565. The fourth-order valence-electron chi connectivity index (χ4n) is 3.66. The molecule has 0 aromatic heterocycles. The third kappa shape index (κ3) is 6.63. The molecule has 0 atom stereocenters. The van der Waals surface area contributed by atoms with Crippen molar-refractivity contribution in [3.63, 3.8) is 0 Å². The van der Waals surface area contributed by atoms with E-state index in [1.165, 1.54) is 10.4 Å². The molecule has 0 radical (unpaired) electrons. The van der Waals surface area contributed by atoms with Crippen LogP contribution in [-0.2, 0) is 12.3 Å². The highest BCUT2D eigenvalue weighted by Crippen LogP contribution is 2.24. The maximum absolute atomic E-state index is 6.97. The van der Waals surface area contributed by atoms with Crippen LogP contribution in [0.4, 0.5) is 0 Å². The van der Waals surface area contributed by atoms with E-state index in [4.69, 9.17) is 12.3 Å². The summed E-state index contributed by atoms with van der Waals surface area (Å²) >= 11 is 0. The topological polar surface area (TPSA) is 27.7 Å². The zero-order chi connectivity index (χ0) is 20.3. The largest absolute Gasteiger partial charge is 0.437 e. The first kappa shape index (κ1) is 22.5. The van der Waals surface area contributed by atoms with Gasteiger partial charge in [-0.25, -0.2) is 0 Å². The zero-order valence-electron chi connectivity index (χ0n) is 18.0. The zero-order valence-corrected chi connectivity index (χ0v) is 22.0. The van der Waals surface area contributed by atoms with Gasteiger partial charge in [-0.05, 0) is 62.7 Å². The third-order valence-corrected chi connectivity index (χ3v) is 19.0. The van der Waals surface area contributed by atoms with E-state index >= 15 is 0 Å². The van der Waals surface area contributed by atoms with Crippen LogP contribution in [0.5, 0.6) is 0 Å². The van der Waals surface area contributed by atoms with Gasteiger partial charge >= 0.3 is 17.1 Å². The van der Waals surface area contributed by atoms with Crippen LogP contribution in [0.3, 0.4) is 0 Å². The Balaban J connectivity index is 2.35. The standard InChI is InChI=1S/C20H34O3Si4/c1-24(2,3)21-25(4,5)22-26(6,7)23-27(8,19-15-11-9-12-16-19)20-17-13-10-14-18-20/h9-18H,1-8H3. The highest BCUT2D eigenvalue weighted by Gasteiger charge is 2.45. The van der Waals surface area contributed by atoms with Crippen molar-refractivity contribution in [1.29, 1.82) is 0 Å². The van der Waals surface area contributed by atoms with Gasteiger partial charge in [-0.3, -0.25) is 0 Å². The van der Waals surface area contributed by atoms with E-state index in [2.05, 4.69) is 113 Å². The molecule has 0 aliphatic heterocycles. The Labute approximate surface area is 169 Å². The summed E-state index contributed by atoms with van der Waals surface area (Å²) < 4.78 is 20.0. The van der Waals surface area contributed by atoms with Crippen molar-refractivity contribution < 1.29 is 12.3 Å². The van der Waals surface area contributed by atoms with Crippen LogP contribution in [0.25, 0.3) is 0 Å². The maximum atomic E-state index is 6.97. The summed E-state index contributed by atoms with van der Waals surface area (Å²) in [6.07, 6.45) is 0. The highest BCUT2D eigenvalue weighted by atomic mass is 28.5. The molecule has 0 fully saturated rings. The summed E-state index contributed by atoms with van der Waals surface area (Å²) in [5, 5.41) is 2.54. The van der Waals surface area contributed by atoms with E-state index in [9.17, 15) is 0 Å². The van der Waals surface area contributed by atoms with Crippen molar-refractivity contribution in [2.75, 3.05) is 0 Å². The Morgan fingerprint density at radius 1 is 0.481 bits per heavy atom. The molecule has 2 aromatic rings. The van der Waals surface area contributed by atoms with Gasteiger partial charge in [0.1, 0.15) is 0 Å². The average Bonchev–Trinajstić information content (AvgIpc) is 2.52. The van der Waals surface area contributed by atoms with E-state index < -0.39 is 33.8 Å². The van der Waals surface area contributed by atoms with Gasteiger partial charge in [0.15, 0.2) is 8.32 Å². The summed E-state index contributed by atoms with van der Waals surface area (Å²) in [4.78, 5) is 0. The average molecular weight is 435 g/mol. The molecule has 3 nitrogen and oxygen atoms in total. The van der Waals surface area contributed by atoms with Gasteiger partial charge in [-0.15, -0.1) is 0 Å². The maximum Gasteiger partial charge on any atom is 0.313 e. The van der Waals surface area contributed by atoms with Gasteiger partial charge in [0, 0.05) is 0 Å². The van der Waals surface area contributed by atoms with Crippen LogP contribution in [0.15, 0.2) is 60.7 Å². The van der Waals surface area contributed by atoms with Crippen LogP contribution in [0.1, 0.15) is 0 Å². The van der Waals surface area contributed by atoms with Crippen molar-refractivity contribution in [2.45, 2.75) is 52.4 Å². The molecule has 0 bridgehead atoms. The minimum atomic E-state index is -2.42. The van der Waals surface area contributed by atoms with Crippen LogP contribution < -0.4 is 10.4 Å². The molecule has 0 aliphatic carbocycles. The lowest BCUT2D eigenvalue weighted by Crippen LogP contribution is -2.65. The van der Waals surface area contributed by atoms with E-state index in [-0.39, 0.29) is 0 Å². The molecule has 0 amide bonds. The minimum absolute atomic E-state index is 1.27. The Morgan fingerprint density at radius 2 is 0.852 bits per heavy atom. The van der Waals surface area contributed by atoms with Gasteiger partial charge < -0.3 is 12.3 Å². The third-order valence-electron chi connectivity index (χ3n) is 4.14. The van der Waals surface area contributed by atoms with Crippen molar-refractivity contribution in [2.24, 2.45) is 0 Å². The monoisotopic (exact) mass is 434 g/mol. The van der Waals surface area contributed by atoms with E-state index in [1.807, 2.05) is 0 Å². The van der Waals surface area contributed by atoms with Gasteiger partial charge in [-0.2, -0.15) is 0 Å². The summed E-state index contributed by atoms with van der Waals surface area (Å²) in [5.41, 5.74) is 0. The van der Waals surface area contributed by atoms with E-state index in [0.717, 1.165) is 0 Å². The molecule has 2 rings (SSSR count). The van der Waals surface area contributed by atoms with Crippen molar-refractivity contribution in [3.8, 4) is 0 Å². The van der Waals surface area contributed by atoms with Gasteiger partial charge in [0.05, 0.1) is 0 Å². The van der Waals surface area contributed by atoms with Gasteiger partial charge in [-0.1, -0.05) is 60.7 Å². The number of rotatable bonds is 8. The Kier molecular flexibility index (Phi) is 6.89. The molecular formula is C20H34O3Si4. The molecule has 0 saturated heterocycles. The Hall–Kier alpha value is -0.812. The Morgan fingerprint density at radius 3 is 1.22 bits per heavy atom. The number of hydrogen-bond acceptors (Lipinski definition) is 3. The predicted octanol–water partition coefficient (Wildman–Crippen LogP) is 4.66. The molecular weight excluding hydrogens is 401 g/mol. The number of benzene rings is 2. The second-order valence-corrected chi connectivity index (χ2v) is 24.5. The molecule has 0 unspecified atom stereocenters. The summed E-state index contributed by atoms with van der Waals surface area (Å²) in [6.45, 7) is 17.5. The van der Waals surface area contributed by atoms with Crippen molar-refractivity contribution >= 4 is 44.1 Å². The first-order valence-electron chi connectivity index (χ1n) is 9.55. The molecule has 0 N–H and O–H groups in total. The van der Waals surface area contributed by atoms with Gasteiger partial charge in [0.2, 0.25) is 8.32 Å². The van der Waals surface area contributed by atoms with Crippen LogP contribution in [0, 0.1) is 0 Å². The number of hydrogen-bond donors (Lipinski definition) is 0. The lowest BCUT2D eigenvalue weighted by Gasteiger charge is -2.41. The van der Waals surface area contributed by atoms with E-state index in [0.29, 0.717) is 0 Å². The molecule has 148 valence electrons. The lowest BCUT2D eigenvalue weighted by molar-refractivity contribution is 0.333. The van der Waals surface area contributed by atoms with Crippen molar-refractivity contribution in [3.05, 3.63) is 60.7 Å². The molecule has 7 heteroatoms. The molecule has 0 spiro atoms. The molecule has 0 saturated carbocycles. The summed E-state index contributed by atoms with van der Waals surface area (Å²) in [5.74, 6) is 0. The van der Waals surface area contributed by atoms with Crippen LogP contribution in [0.2, 0.25) is 52.4 Å². The smallest absolute Gasteiger partial charge is 0.313 e. The van der Waals surface area contributed by atoms with E-state index in [1.54, 1.807) is 0 Å². The van der Waals surface area contributed by atoms with Crippen molar-refractivity contribution in [1.82, 2.24) is 0 Å². The van der Waals surface area contributed by atoms with Crippen LogP contribution >= 0.6 is 0 Å². The lowest BCUT2D eigenvalue weighted by atomic mass is 10.4. The fraction of sp³-hybridized carbons (Fsp3) is 0.400. The summed E-state index contributed by atoms with van der Waals surface area (Å²) in [6, 6.07) is 21.2. The molecule has 0 aliphatic rings. The highest BCUT2D eigenvalue weighted by molar-refractivity contribution is 7.01. The first-order valence-corrected chi connectivity index (χ1v) is 21.0.